The third-order valence-electron chi connectivity index (χ3n) is 5.94. The molecule has 1 saturated carbocycles. The Labute approximate surface area is 174 Å². The minimum Gasteiger partial charge on any atom is -0.377 e. The van der Waals surface area contributed by atoms with Gasteiger partial charge >= 0.3 is 6.18 Å². The van der Waals surface area contributed by atoms with Gasteiger partial charge in [0.25, 0.3) is 11.1 Å². The molecule has 0 saturated heterocycles. The monoisotopic (exact) mass is 435 g/mol. The highest BCUT2D eigenvalue weighted by atomic mass is 19.4. The number of alkyl halides is 3. The van der Waals surface area contributed by atoms with Gasteiger partial charge in [-0.15, -0.1) is 0 Å². The van der Waals surface area contributed by atoms with E-state index >= 15 is 0 Å². The number of hydrogen-bond acceptors (Lipinski definition) is 3. The molecule has 1 atom stereocenters. The molecular formula is C22H21F4N3O2. The highest BCUT2D eigenvalue weighted by molar-refractivity contribution is 5.92. The van der Waals surface area contributed by atoms with E-state index in [1.54, 1.807) is 10.8 Å². The molecule has 1 aromatic carbocycles. The lowest BCUT2D eigenvalue weighted by Gasteiger charge is -2.21. The van der Waals surface area contributed by atoms with Crippen molar-refractivity contribution in [1.29, 1.82) is 0 Å². The smallest absolute Gasteiger partial charge is 0.377 e. The predicted molar refractivity (Wildman–Crippen MR) is 110 cm³/mol. The summed E-state index contributed by atoms with van der Waals surface area (Å²) in [5.74, 6) is -1.34. The topological polar surface area (TPSA) is 56.0 Å². The highest BCUT2D eigenvalue weighted by Crippen LogP contribution is 2.42. The third-order valence-corrected chi connectivity index (χ3v) is 5.94. The molecule has 1 aliphatic carbocycles. The minimum absolute atomic E-state index is 0.153. The van der Waals surface area contributed by atoms with Crippen LogP contribution in [-0.4, -0.2) is 9.13 Å². The van der Waals surface area contributed by atoms with Gasteiger partial charge in [-0.1, -0.05) is 12.1 Å². The summed E-state index contributed by atoms with van der Waals surface area (Å²) < 4.78 is 56.7. The summed E-state index contributed by atoms with van der Waals surface area (Å²) in [6.07, 6.45) is -0.0466. The van der Waals surface area contributed by atoms with Gasteiger partial charge in [0.2, 0.25) is 0 Å². The number of hydrogen-bond donors (Lipinski definition) is 1. The zero-order valence-corrected chi connectivity index (χ0v) is 17.2. The number of halogens is 4. The summed E-state index contributed by atoms with van der Waals surface area (Å²) in [4.78, 5) is 25.1. The summed E-state index contributed by atoms with van der Waals surface area (Å²) in [6, 6.07) is 3.58. The molecule has 164 valence electrons. The van der Waals surface area contributed by atoms with Gasteiger partial charge in [-0.2, -0.15) is 13.2 Å². The van der Waals surface area contributed by atoms with E-state index in [1.165, 1.54) is 36.9 Å². The van der Waals surface area contributed by atoms with Crippen molar-refractivity contribution >= 4 is 16.5 Å². The van der Waals surface area contributed by atoms with Crippen LogP contribution in [0.5, 0.6) is 0 Å². The van der Waals surface area contributed by atoms with E-state index < -0.39 is 23.6 Å². The molecule has 0 aliphatic heterocycles. The first-order chi connectivity index (χ1) is 14.4. The second-order valence-electron chi connectivity index (χ2n) is 8.34. The normalized spacial score (nSPS) is 16.4. The van der Waals surface area contributed by atoms with Crippen LogP contribution in [0.2, 0.25) is 0 Å². The lowest BCUT2D eigenvalue weighted by Crippen LogP contribution is -2.29. The van der Waals surface area contributed by atoms with E-state index in [2.05, 4.69) is 5.32 Å². The van der Waals surface area contributed by atoms with E-state index in [9.17, 15) is 27.2 Å². The van der Waals surface area contributed by atoms with Crippen LogP contribution in [0.4, 0.5) is 23.2 Å². The van der Waals surface area contributed by atoms with Gasteiger partial charge in [0.05, 0.1) is 22.7 Å². The number of nitrogens with zero attached hydrogens (tertiary/aromatic N) is 2. The fourth-order valence-electron chi connectivity index (χ4n) is 3.81. The summed E-state index contributed by atoms with van der Waals surface area (Å²) in [5, 5.41) is 3.67. The molecule has 31 heavy (non-hydrogen) atoms. The van der Waals surface area contributed by atoms with Crippen molar-refractivity contribution in [3.05, 3.63) is 74.3 Å². The molecule has 1 N–H and O–H groups in total. The quantitative estimate of drug-likeness (QED) is 0.613. The SMILES string of the molecule is C[C@@H](Nc1cn(C)c(=O)c2cc(=O)n(C3(C)CC3)cc12)c1cccc(C(F)(F)F)c1F. The van der Waals surface area contributed by atoms with E-state index in [4.69, 9.17) is 0 Å². The van der Waals surface area contributed by atoms with Gasteiger partial charge < -0.3 is 14.5 Å². The average molecular weight is 435 g/mol. The van der Waals surface area contributed by atoms with Crippen molar-refractivity contribution in [3.63, 3.8) is 0 Å². The zero-order valence-electron chi connectivity index (χ0n) is 17.2. The molecule has 0 bridgehead atoms. The Balaban J connectivity index is 1.83. The van der Waals surface area contributed by atoms with Crippen molar-refractivity contribution in [2.24, 2.45) is 7.05 Å². The van der Waals surface area contributed by atoms with Gasteiger partial charge in [-0.05, 0) is 32.8 Å². The first-order valence-corrected chi connectivity index (χ1v) is 9.81. The van der Waals surface area contributed by atoms with E-state index in [0.717, 1.165) is 18.9 Å². The number of fused-ring (bicyclic) bond motifs is 1. The fraction of sp³-hybridized carbons (Fsp3) is 0.364. The van der Waals surface area contributed by atoms with Crippen molar-refractivity contribution in [3.8, 4) is 0 Å². The van der Waals surface area contributed by atoms with Gasteiger partial charge in [0.1, 0.15) is 5.82 Å². The Morgan fingerprint density at radius 1 is 1.13 bits per heavy atom. The number of benzene rings is 1. The van der Waals surface area contributed by atoms with Gasteiger partial charge in [-0.3, -0.25) is 9.59 Å². The second-order valence-corrected chi connectivity index (χ2v) is 8.34. The Morgan fingerprint density at radius 2 is 1.81 bits per heavy atom. The summed E-state index contributed by atoms with van der Waals surface area (Å²) >= 11 is 0. The Kier molecular flexibility index (Phi) is 4.75. The molecule has 0 amide bonds. The Hall–Kier alpha value is -3.10. The van der Waals surface area contributed by atoms with Crippen LogP contribution in [-0.2, 0) is 18.8 Å². The number of nitrogens with one attached hydrogen (secondary N) is 1. The highest BCUT2D eigenvalue weighted by Gasteiger charge is 2.40. The van der Waals surface area contributed by atoms with Crippen LogP contribution in [0.1, 0.15) is 43.9 Å². The van der Waals surface area contributed by atoms with E-state index in [1.807, 2.05) is 6.92 Å². The number of pyridine rings is 2. The first kappa shape index (κ1) is 21.1. The van der Waals surface area contributed by atoms with Crippen LogP contribution in [0, 0.1) is 5.82 Å². The number of anilines is 1. The summed E-state index contributed by atoms with van der Waals surface area (Å²) in [5.41, 5.74) is -2.05. The van der Waals surface area contributed by atoms with Crippen LogP contribution in [0.15, 0.2) is 46.2 Å². The van der Waals surface area contributed by atoms with Crippen LogP contribution < -0.4 is 16.4 Å². The Morgan fingerprint density at radius 3 is 2.42 bits per heavy atom. The number of aryl methyl sites for hydroxylation is 1. The molecule has 2 heterocycles. The van der Waals surface area contributed by atoms with Crippen molar-refractivity contribution in [2.45, 2.75) is 44.4 Å². The predicted octanol–water partition coefficient (Wildman–Crippen LogP) is 4.54. The molecule has 3 aromatic rings. The molecule has 0 radical (unpaired) electrons. The van der Waals surface area contributed by atoms with Crippen molar-refractivity contribution in [1.82, 2.24) is 9.13 Å². The molecule has 2 aromatic heterocycles. The molecular weight excluding hydrogens is 414 g/mol. The van der Waals surface area contributed by atoms with Crippen molar-refractivity contribution in [2.75, 3.05) is 5.32 Å². The van der Waals surface area contributed by atoms with Gasteiger partial charge in [-0.25, -0.2) is 4.39 Å². The average Bonchev–Trinajstić information content (AvgIpc) is 3.43. The van der Waals surface area contributed by atoms with E-state index in [-0.39, 0.29) is 27.6 Å². The molecule has 0 unspecified atom stereocenters. The molecule has 5 nitrogen and oxygen atoms in total. The maximum absolute atomic E-state index is 14.6. The Bertz CT molecular complexity index is 1300. The van der Waals surface area contributed by atoms with Crippen LogP contribution >= 0.6 is 0 Å². The summed E-state index contributed by atoms with van der Waals surface area (Å²) in [7, 11) is 1.51. The summed E-state index contributed by atoms with van der Waals surface area (Å²) in [6.45, 7) is 3.47. The molecule has 1 fully saturated rings. The zero-order chi connectivity index (χ0) is 22.7. The van der Waals surface area contributed by atoms with Crippen LogP contribution in [0.3, 0.4) is 0 Å². The largest absolute Gasteiger partial charge is 0.419 e. The van der Waals surface area contributed by atoms with Gasteiger partial charge in [0, 0.05) is 42.0 Å². The van der Waals surface area contributed by atoms with Crippen LogP contribution in [0.25, 0.3) is 10.8 Å². The molecule has 9 heteroatoms. The third kappa shape index (κ3) is 3.62. The molecule has 0 spiro atoms. The fourth-order valence-corrected chi connectivity index (χ4v) is 3.81. The first-order valence-electron chi connectivity index (χ1n) is 9.81. The van der Waals surface area contributed by atoms with E-state index in [0.29, 0.717) is 17.1 Å². The molecule has 4 rings (SSSR count). The standard InChI is InChI=1S/C22H21F4N3O2/c1-12(13-5-4-6-16(19(13)23)22(24,25)26)27-17-11-28(3)20(31)14-9-18(30)29(10-15(14)17)21(2)7-8-21/h4-6,9-12,27H,7-8H2,1-3H3/t12-/m1/s1. The second kappa shape index (κ2) is 6.96. The maximum Gasteiger partial charge on any atom is 0.419 e. The molecule has 1 aliphatic rings. The van der Waals surface area contributed by atoms with Crippen molar-refractivity contribution < 1.29 is 17.6 Å². The lowest BCUT2D eigenvalue weighted by atomic mass is 10.0. The number of aromatic nitrogens is 2. The minimum atomic E-state index is -4.81. The lowest BCUT2D eigenvalue weighted by molar-refractivity contribution is -0.140. The number of rotatable bonds is 4. The maximum atomic E-state index is 14.6. The van der Waals surface area contributed by atoms with Gasteiger partial charge in [0.15, 0.2) is 0 Å².